The van der Waals surface area contributed by atoms with E-state index in [9.17, 15) is 0 Å². The van der Waals surface area contributed by atoms with Gasteiger partial charge in [0.05, 0.1) is 0 Å². The van der Waals surface area contributed by atoms with Gasteiger partial charge in [-0.2, -0.15) is 0 Å². The zero-order chi connectivity index (χ0) is 10.9. The molecular formula is C14H21N. The molecule has 1 aliphatic rings. The molecule has 0 spiro atoms. The number of hydrogen-bond acceptors (Lipinski definition) is 1. The molecule has 0 aromatic carbocycles. The standard InChI is InChI=1S/C14H21N/c1-13(2)15-12-8-11-14-9-6-4-3-5-7-10-14/h3-7,9-10,13,15H,8,11-12H2,1-2H3/b4-3-,5-3?,6-4?,7-5-,9-6?,10-7?,14-9?,14-10?. The molecular weight excluding hydrogens is 182 g/mol. The van der Waals surface area contributed by atoms with Crippen molar-refractivity contribution in [2.75, 3.05) is 6.54 Å². The number of rotatable bonds is 5. The summed E-state index contributed by atoms with van der Waals surface area (Å²) in [5.74, 6) is 0. The molecule has 1 aliphatic carbocycles. The summed E-state index contributed by atoms with van der Waals surface area (Å²) in [5, 5.41) is 3.43. The number of allylic oxidation sites excluding steroid dienone is 8. The van der Waals surface area contributed by atoms with E-state index in [2.05, 4.69) is 55.6 Å². The highest BCUT2D eigenvalue weighted by Crippen LogP contribution is 2.08. The molecule has 0 fully saturated rings. The summed E-state index contributed by atoms with van der Waals surface area (Å²) in [6.45, 7) is 5.47. The predicted molar refractivity (Wildman–Crippen MR) is 67.9 cm³/mol. The summed E-state index contributed by atoms with van der Waals surface area (Å²) in [6, 6.07) is 0.592. The average molecular weight is 203 g/mol. The van der Waals surface area contributed by atoms with Gasteiger partial charge in [0.2, 0.25) is 0 Å². The van der Waals surface area contributed by atoms with Crippen molar-refractivity contribution >= 4 is 0 Å². The second-order valence-corrected chi connectivity index (χ2v) is 4.08. The molecule has 0 radical (unpaired) electrons. The van der Waals surface area contributed by atoms with Gasteiger partial charge in [-0.05, 0) is 25.0 Å². The Morgan fingerprint density at radius 3 is 2.60 bits per heavy atom. The van der Waals surface area contributed by atoms with Crippen LogP contribution in [-0.4, -0.2) is 12.6 Å². The number of hydrogen-bond donors (Lipinski definition) is 1. The van der Waals surface area contributed by atoms with Crippen molar-refractivity contribution in [3.63, 3.8) is 0 Å². The normalized spacial score (nSPS) is 19.5. The first-order valence-electron chi connectivity index (χ1n) is 5.73. The lowest BCUT2D eigenvalue weighted by atomic mass is 10.1. The summed E-state index contributed by atoms with van der Waals surface area (Å²) in [5.41, 5.74) is 1.40. The molecule has 82 valence electrons. The van der Waals surface area contributed by atoms with Crippen molar-refractivity contribution in [2.24, 2.45) is 0 Å². The van der Waals surface area contributed by atoms with Gasteiger partial charge in [-0.1, -0.05) is 56.4 Å². The summed E-state index contributed by atoms with van der Waals surface area (Å²) >= 11 is 0. The minimum absolute atomic E-state index is 0.592. The summed E-state index contributed by atoms with van der Waals surface area (Å²) in [4.78, 5) is 0. The fourth-order valence-electron chi connectivity index (χ4n) is 1.46. The Labute approximate surface area is 93.3 Å². The van der Waals surface area contributed by atoms with Crippen LogP contribution in [0.5, 0.6) is 0 Å². The lowest BCUT2D eigenvalue weighted by Gasteiger charge is -2.07. The first-order valence-corrected chi connectivity index (χ1v) is 5.73. The largest absolute Gasteiger partial charge is 0.315 e. The van der Waals surface area contributed by atoms with E-state index in [0.29, 0.717) is 6.04 Å². The van der Waals surface area contributed by atoms with Crippen LogP contribution in [0, 0.1) is 0 Å². The van der Waals surface area contributed by atoms with Gasteiger partial charge in [0, 0.05) is 6.04 Å². The molecule has 0 atom stereocenters. The minimum atomic E-state index is 0.592. The van der Waals surface area contributed by atoms with Crippen LogP contribution in [0.15, 0.2) is 48.1 Å². The monoisotopic (exact) mass is 203 g/mol. The zero-order valence-corrected chi connectivity index (χ0v) is 9.74. The van der Waals surface area contributed by atoms with E-state index in [1.807, 2.05) is 6.08 Å². The van der Waals surface area contributed by atoms with Crippen LogP contribution in [-0.2, 0) is 0 Å². The molecule has 0 heterocycles. The van der Waals surface area contributed by atoms with E-state index in [4.69, 9.17) is 0 Å². The van der Waals surface area contributed by atoms with Crippen molar-refractivity contribution < 1.29 is 0 Å². The Balaban J connectivity index is 2.25. The molecule has 0 unspecified atom stereocenters. The zero-order valence-electron chi connectivity index (χ0n) is 9.74. The van der Waals surface area contributed by atoms with Crippen LogP contribution < -0.4 is 5.32 Å². The van der Waals surface area contributed by atoms with Crippen molar-refractivity contribution in [1.29, 1.82) is 0 Å². The Morgan fingerprint density at radius 2 is 1.80 bits per heavy atom. The molecule has 1 heteroatoms. The van der Waals surface area contributed by atoms with E-state index >= 15 is 0 Å². The molecule has 1 nitrogen and oxygen atoms in total. The van der Waals surface area contributed by atoms with Gasteiger partial charge >= 0.3 is 0 Å². The Bertz CT molecular complexity index is 280. The van der Waals surface area contributed by atoms with Gasteiger partial charge in [-0.3, -0.25) is 0 Å². The van der Waals surface area contributed by atoms with E-state index < -0.39 is 0 Å². The Kier molecular flexibility index (Phi) is 5.79. The van der Waals surface area contributed by atoms with Crippen LogP contribution in [0.1, 0.15) is 26.7 Å². The third-order valence-electron chi connectivity index (χ3n) is 2.26. The first kappa shape index (κ1) is 12.0. The van der Waals surface area contributed by atoms with Crippen LogP contribution >= 0.6 is 0 Å². The van der Waals surface area contributed by atoms with Crippen LogP contribution in [0.25, 0.3) is 0 Å². The topological polar surface area (TPSA) is 12.0 Å². The molecule has 0 aromatic heterocycles. The summed E-state index contributed by atoms with van der Waals surface area (Å²) in [7, 11) is 0. The van der Waals surface area contributed by atoms with Gasteiger partial charge in [0.1, 0.15) is 0 Å². The first-order chi connectivity index (χ1) is 7.29. The third kappa shape index (κ3) is 6.08. The van der Waals surface area contributed by atoms with E-state index in [0.717, 1.165) is 13.0 Å². The molecule has 1 N–H and O–H groups in total. The fraction of sp³-hybridized carbons (Fsp3) is 0.429. The second-order valence-electron chi connectivity index (χ2n) is 4.08. The highest BCUT2D eigenvalue weighted by atomic mass is 14.9. The molecule has 0 aromatic rings. The molecule has 0 aliphatic heterocycles. The highest BCUT2D eigenvalue weighted by molar-refractivity contribution is 5.30. The molecule has 0 saturated heterocycles. The van der Waals surface area contributed by atoms with Gasteiger partial charge in [-0.25, -0.2) is 0 Å². The van der Waals surface area contributed by atoms with Crippen molar-refractivity contribution in [2.45, 2.75) is 32.7 Å². The lowest BCUT2D eigenvalue weighted by Crippen LogP contribution is -2.23. The van der Waals surface area contributed by atoms with Crippen molar-refractivity contribution in [1.82, 2.24) is 5.32 Å². The van der Waals surface area contributed by atoms with Crippen LogP contribution in [0.4, 0.5) is 0 Å². The fourth-order valence-corrected chi connectivity index (χ4v) is 1.46. The van der Waals surface area contributed by atoms with E-state index in [1.54, 1.807) is 0 Å². The Hall–Kier alpha value is -1.08. The predicted octanol–water partition coefficient (Wildman–Crippen LogP) is 3.37. The molecule has 15 heavy (non-hydrogen) atoms. The van der Waals surface area contributed by atoms with E-state index in [1.165, 1.54) is 12.0 Å². The maximum absolute atomic E-state index is 3.43. The molecule has 1 rings (SSSR count). The van der Waals surface area contributed by atoms with Crippen molar-refractivity contribution in [3.05, 3.63) is 48.1 Å². The molecule has 0 amide bonds. The lowest BCUT2D eigenvalue weighted by molar-refractivity contribution is 0.571. The second kappa shape index (κ2) is 7.24. The number of nitrogens with one attached hydrogen (secondary N) is 1. The maximum Gasteiger partial charge on any atom is 0.00103 e. The smallest absolute Gasteiger partial charge is 0.00103 e. The quantitative estimate of drug-likeness (QED) is 0.675. The minimum Gasteiger partial charge on any atom is -0.315 e. The van der Waals surface area contributed by atoms with E-state index in [-0.39, 0.29) is 0 Å². The van der Waals surface area contributed by atoms with Crippen LogP contribution in [0.3, 0.4) is 0 Å². The SMILES string of the molecule is CC(C)NCCCC1=C/C=C\C=C/C=C1. The third-order valence-corrected chi connectivity index (χ3v) is 2.26. The van der Waals surface area contributed by atoms with Gasteiger partial charge in [0.15, 0.2) is 0 Å². The summed E-state index contributed by atoms with van der Waals surface area (Å²) < 4.78 is 0. The van der Waals surface area contributed by atoms with Crippen LogP contribution in [0.2, 0.25) is 0 Å². The van der Waals surface area contributed by atoms with Gasteiger partial charge in [-0.15, -0.1) is 0 Å². The van der Waals surface area contributed by atoms with Gasteiger partial charge < -0.3 is 5.32 Å². The average Bonchev–Trinajstić information content (AvgIpc) is 2.14. The highest BCUT2D eigenvalue weighted by Gasteiger charge is 1.94. The Morgan fingerprint density at radius 1 is 1.07 bits per heavy atom. The molecule has 0 bridgehead atoms. The van der Waals surface area contributed by atoms with Gasteiger partial charge in [0.25, 0.3) is 0 Å². The van der Waals surface area contributed by atoms with Crippen molar-refractivity contribution in [3.8, 4) is 0 Å². The molecule has 0 saturated carbocycles. The summed E-state index contributed by atoms with van der Waals surface area (Å²) in [6.07, 6.45) is 17.1. The maximum atomic E-state index is 3.43.